The lowest BCUT2D eigenvalue weighted by Gasteiger charge is -2.13. The Morgan fingerprint density at radius 1 is 0.969 bits per heavy atom. The maximum Gasteiger partial charge on any atom is 0.330 e. The van der Waals surface area contributed by atoms with Gasteiger partial charge in [0, 0.05) is 30.0 Å². The molecule has 0 aliphatic heterocycles. The van der Waals surface area contributed by atoms with Crippen molar-refractivity contribution in [1.29, 1.82) is 0 Å². The fourth-order valence-corrected chi connectivity index (χ4v) is 2.63. The van der Waals surface area contributed by atoms with Gasteiger partial charge in [0.05, 0.1) is 40.6 Å². The summed E-state index contributed by atoms with van der Waals surface area (Å²) in [4.78, 5) is 24.3. The predicted octanol–water partition coefficient (Wildman–Crippen LogP) is 1.60. The number of amides is 1. The molecule has 0 aromatic heterocycles. The first kappa shape index (κ1) is 24.5. The minimum atomic E-state index is -1.20. The number of anilines is 1. The monoisotopic (exact) mass is 446 g/mol. The Morgan fingerprint density at radius 3 is 2.12 bits per heavy atom. The van der Waals surface area contributed by atoms with Crippen LogP contribution in [0.4, 0.5) is 5.69 Å². The van der Waals surface area contributed by atoms with Gasteiger partial charge in [-0.2, -0.15) is 0 Å². The van der Waals surface area contributed by atoms with Crippen LogP contribution in [-0.2, 0) is 9.59 Å². The van der Waals surface area contributed by atoms with Gasteiger partial charge in [-0.15, -0.1) is 0 Å². The number of aliphatic hydroxyl groups excluding tert-OH is 1. The molecule has 32 heavy (non-hydrogen) atoms. The number of nitrogens with one attached hydrogen (secondary N) is 1. The van der Waals surface area contributed by atoms with Crippen molar-refractivity contribution in [2.24, 2.45) is 5.73 Å². The second kappa shape index (κ2) is 11.6. The first-order valence-electron chi connectivity index (χ1n) is 9.42. The van der Waals surface area contributed by atoms with Crippen molar-refractivity contribution in [3.05, 3.63) is 42.0 Å². The van der Waals surface area contributed by atoms with E-state index in [1.165, 1.54) is 52.7 Å². The quantitative estimate of drug-likeness (QED) is 0.282. The first-order chi connectivity index (χ1) is 15.4. The molecule has 172 valence electrons. The lowest BCUT2D eigenvalue weighted by atomic mass is 10.1. The minimum absolute atomic E-state index is 0.0432. The van der Waals surface area contributed by atoms with Crippen LogP contribution in [0.5, 0.6) is 28.7 Å². The molecular formula is C22H26N2O8. The Kier molecular flexibility index (Phi) is 8.87. The smallest absolute Gasteiger partial charge is 0.330 e. The van der Waals surface area contributed by atoms with Gasteiger partial charge in [-0.25, -0.2) is 4.79 Å². The van der Waals surface area contributed by atoms with Crippen LogP contribution >= 0.6 is 0 Å². The van der Waals surface area contributed by atoms with E-state index in [0.717, 1.165) is 0 Å². The summed E-state index contributed by atoms with van der Waals surface area (Å²) in [6.45, 7) is -0.569. The van der Waals surface area contributed by atoms with Crippen LogP contribution in [0.15, 0.2) is 36.4 Å². The molecule has 10 nitrogen and oxygen atoms in total. The standard InChI is InChI=1S/C22H26N2O8/c1-28-14-10-18(30-3)15(19(11-14)31-4)6-8-21(26)24-13-5-7-17(29-2)20(9-13)32-22(27)16(23)12-25/h5-11,16,25H,12,23H2,1-4H3,(H,24,26)/t16-/m1/s1. The molecule has 2 rings (SSSR count). The maximum atomic E-state index is 12.5. The van der Waals surface area contributed by atoms with E-state index >= 15 is 0 Å². The van der Waals surface area contributed by atoms with Gasteiger partial charge in [0.25, 0.3) is 0 Å². The number of rotatable bonds is 10. The number of carbonyl (C=O) groups excluding carboxylic acids is 2. The normalized spacial score (nSPS) is 11.6. The molecule has 0 saturated carbocycles. The number of ether oxygens (including phenoxy) is 5. The second-order valence-electron chi connectivity index (χ2n) is 6.34. The molecule has 0 heterocycles. The van der Waals surface area contributed by atoms with E-state index in [1.54, 1.807) is 18.2 Å². The van der Waals surface area contributed by atoms with Gasteiger partial charge in [-0.1, -0.05) is 0 Å². The lowest BCUT2D eigenvalue weighted by molar-refractivity contribution is -0.136. The first-order valence-corrected chi connectivity index (χ1v) is 9.42. The van der Waals surface area contributed by atoms with Crippen LogP contribution < -0.4 is 34.7 Å². The number of esters is 1. The number of carbonyl (C=O) groups is 2. The average Bonchev–Trinajstić information content (AvgIpc) is 2.81. The van der Waals surface area contributed by atoms with E-state index in [-0.39, 0.29) is 11.5 Å². The molecule has 0 aliphatic carbocycles. The van der Waals surface area contributed by atoms with Crippen LogP contribution in [0.25, 0.3) is 6.08 Å². The van der Waals surface area contributed by atoms with Crippen LogP contribution in [0.1, 0.15) is 5.56 Å². The molecule has 0 unspecified atom stereocenters. The molecule has 1 amide bonds. The third-order valence-electron chi connectivity index (χ3n) is 4.30. The molecule has 1 atom stereocenters. The number of benzene rings is 2. The van der Waals surface area contributed by atoms with E-state index in [4.69, 9.17) is 34.5 Å². The second-order valence-corrected chi connectivity index (χ2v) is 6.34. The summed E-state index contributed by atoms with van der Waals surface area (Å²) in [5.41, 5.74) is 6.35. The molecule has 10 heteroatoms. The Bertz CT molecular complexity index is 965. The maximum absolute atomic E-state index is 12.5. The lowest BCUT2D eigenvalue weighted by Crippen LogP contribution is -2.37. The van der Waals surface area contributed by atoms with Crippen LogP contribution in [0, 0.1) is 0 Å². The van der Waals surface area contributed by atoms with E-state index in [1.807, 2.05) is 0 Å². The Labute approximate surface area is 185 Å². The van der Waals surface area contributed by atoms with Crippen LogP contribution in [0.2, 0.25) is 0 Å². The fraction of sp³-hybridized carbons (Fsp3) is 0.273. The van der Waals surface area contributed by atoms with Crippen molar-refractivity contribution in [2.45, 2.75) is 6.04 Å². The highest BCUT2D eigenvalue weighted by Crippen LogP contribution is 2.35. The molecule has 0 aliphatic rings. The number of nitrogens with two attached hydrogens (primary N) is 1. The third kappa shape index (κ3) is 6.13. The van der Waals surface area contributed by atoms with Crippen molar-refractivity contribution in [3.63, 3.8) is 0 Å². The molecule has 0 spiro atoms. The zero-order valence-electron chi connectivity index (χ0n) is 18.2. The molecule has 2 aromatic rings. The minimum Gasteiger partial charge on any atom is -0.496 e. The van der Waals surface area contributed by atoms with E-state index in [0.29, 0.717) is 28.5 Å². The molecular weight excluding hydrogens is 420 g/mol. The summed E-state index contributed by atoms with van der Waals surface area (Å²) in [6.07, 6.45) is 2.83. The Morgan fingerprint density at radius 2 is 1.59 bits per heavy atom. The predicted molar refractivity (Wildman–Crippen MR) is 117 cm³/mol. The van der Waals surface area contributed by atoms with Gasteiger partial charge >= 0.3 is 5.97 Å². The highest BCUT2D eigenvalue weighted by atomic mass is 16.6. The van der Waals surface area contributed by atoms with Crippen molar-refractivity contribution in [2.75, 3.05) is 40.4 Å². The summed E-state index contributed by atoms with van der Waals surface area (Å²) in [5, 5.41) is 11.7. The van der Waals surface area contributed by atoms with Gasteiger partial charge < -0.3 is 39.8 Å². The number of hydrogen-bond acceptors (Lipinski definition) is 9. The summed E-state index contributed by atoms with van der Waals surface area (Å²) in [5.74, 6) is 0.466. The van der Waals surface area contributed by atoms with Gasteiger partial charge in [0.2, 0.25) is 5.91 Å². The molecule has 4 N–H and O–H groups in total. The van der Waals surface area contributed by atoms with E-state index < -0.39 is 24.5 Å². The zero-order valence-corrected chi connectivity index (χ0v) is 18.2. The topological polar surface area (TPSA) is 139 Å². The molecule has 0 saturated heterocycles. The summed E-state index contributed by atoms with van der Waals surface area (Å²) >= 11 is 0. The summed E-state index contributed by atoms with van der Waals surface area (Å²) in [7, 11) is 5.91. The molecule has 0 radical (unpaired) electrons. The highest BCUT2D eigenvalue weighted by molar-refractivity contribution is 6.02. The van der Waals surface area contributed by atoms with Crippen LogP contribution in [-0.4, -0.2) is 58.1 Å². The zero-order chi connectivity index (χ0) is 23.7. The Hall–Kier alpha value is -3.76. The van der Waals surface area contributed by atoms with Gasteiger partial charge in [0.1, 0.15) is 23.3 Å². The van der Waals surface area contributed by atoms with Crippen molar-refractivity contribution < 1.29 is 38.4 Å². The van der Waals surface area contributed by atoms with Gasteiger partial charge in [0.15, 0.2) is 11.5 Å². The number of aliphatic hydroxyl groups is 1. The van der Waals surface area contributed by atoms with Crippen molar-refractivity contribution >= 4 is 23.6 Å². The van der Waals surface area contributed by atoms with Crippen molar-refractivity contribution in [1.82, 2.24) is 0 Å². The molecule has 0 fully saturated rings. The van der Waals surface area contributed by atoms with E-state index in [9.17, 15) is 9.59 Å². The largest absolute Gasteiger partial charge is 0.496 e. The number of hydrogen-bond donors (Lipinski definition) is 3. The van der Waals surface area contributed by atoms with Crippen LogP contribution in [0.3, 0.4) is 0 Å². The summed E-state index contributed by atoms with van der Waals surface area (Å²) < 4.78 is 26.2. The fourth-order valence-electron chi connectivity index (χ4n) is 2.63. The van der Waals surface area contributed by atoms with Gasteiger partial charge in [-0.05, 0) is 18.2 Å². The van der Waals surface area contributed by atoms with Gasteiger partial charge in [-0.3, -0.25) is 4.79 Å². The number of methoxy groups -OCH3 is 4. The van der Waals surface area contributed by atoms with Crippen molar-refractivity contribution in [3.8, 4) is 28.7 Å². The highest BCUT2D eigenvalue weighted by Gasteiger charge is 2.18. The summed E-state index contributed by atoms with van der Waals surface area (Å²) in [6, 6.07) is 6.63. The molecule has 0 bridgehead atoms. The van der Waals surface area contributed by atoms with E-state index in [2.05, 4.69) is 5.32 Å². The SMILES string of the molecule is COc1cc(OC)c(C=CC(=O)Nc2ccc(OC)c(OC(=O)[C@H](N)CO)c2)c(OC)c1. The molecule has 2 aromatic carbocycles. The average molecular weight is 446 g/mol. The third-order valence-corrected chi connectivity index (χ3v) is 4.30. The Balaban J connectivity index is 2.22.